The second-order valence-electron chi connectivity index (χ2n) is 2.12. The third-order valence-corrected chi connectivity index (χ3v) is 1.23. The number of halogens is 5. The summed E-state index contributed by atoms with van der Waals surface area (Å²) in [6, 6.07) is 1.67. The molecule has 0 saturated heterocycles. The van der Waals surface area contributed by atoms with Crippen LogP contribution in [-0.2, 0) is 5.92 Å². The van der Waals surface area contributed by atoms with E-state index >= 15 is 0 Å². The topological polar surface area (TPSA) is 25.8 Å². The van der Waals surface area contributed by atoms with E-state index in [2.05, 4.69) is 10.2 Å². The fourth-order valence-corrected chi connectivity index (χ4v) is 0.584. The number of aromatic nitrogens is 2. The molecule has 1 aromatic heterocycles. The monoisotopic (exact) mass is 197 g/mol. The summed E-state index contributed by atoms with van der Waals surface area (Å²) in [6.07, 6.45) is -4.66. The molecule has 1 radical (unpaired) electrons. The van der Waals surface area contributed by atoms with E-state index in [0.29, 0.717) is 12.4 Å². The fraction of sp³-hybridized carbons (Fsp3) is 0.333. The van der Waals surface area contributed by atoms with Gasteiger partial charge in [0.1, 0.15) is 0 Å². The second-order valence-corrected chi connectivity index (χ2v) is 2.12. The summed E-state index contributed by atoms with van der Waals surface area (Å²) in [7, 11) is 0. The minimum Gasteiger partial charge on any atom is -0.191 e. The summed E-state index contributed by atoms with van der Waals surface area (Å²) in [4.78, 5) is 0. The molecular formula is C6H2F5N2. The molecule has 0 aromatic carbocycles. The Labute approximate surface area is 69.4 Å². The smallest absolute Gasteiger partial charge is 0.191 e. The highest BCUT2D eigenvalue weighted by molar-refractivity contribution is 5.13. The van der Waals surface area contributed by atoms with Crippen LogP contribution in [0, 0.1) is 6.07 Å². The molecular weight excluding hydrogens is 195 g/mol. The summed E-state index contributed by atoms with van der Waals surface area (Å²) < 4.78 is 60.0. The van der Waals surface area contributed by atoms with Crippen LogP contribution in [0.1, 0.15) is 5.56 Å². The van der Waals surface area contributed by atoms with Crippen LogP contribution in [0.4, 0.5) is 22.0 Å². The van der Waals surface area contributed by atoms with Crippen LogP contribution in [0.15, 0.2) is 12.4 Å². The molecule has 7 heteroatoms. The van der Waals surface area contributed by atoms with Crippen LogP contribution in [-0.4, -0.2) is 16.4 Å². The number of rotatable bonds is 1. The molecule has 0 fully saturated rings. The van der Waals surface area contributed by atoms with Crippen molar-refractivity contribution in [3.05, 3.63) is 24.0 Å². The molecule has 0 aliphatic carbocycles. The van der Waals surface area contributed by atoms with Gasteiger partial charge in [-0.3, -0.25) is 0 Å². The zero-order chi connectivity index (χ0) is 10.1. The van der Waals surface area contributed by atoms with Crippen molar-refractivity contribution in [1.82, 2.24) is 10.2 Å². The summed E-state index contributed by atoms with van der Waals surface area (Å²) in [5.41, 5.74) is -1.34. The molecule has 0 spiro atoms. The second kappa shape index (κ2) is 2.90. The van der Waals surface area contributed by atoms with E-state index in [4.69, 9.17) is 0 Å². The van der Waals surface area contributed by atoms with E-state index < -0.39 is 17.7 Å². The molecule has 0 amide bonds. The summed E-state index contributed by atoms with van der Waals surface area (Å²) in [5.74, 6) is -4.93. The van der Waals surface area contributed by atoms with Crippen molar-refractivity contribution in [3.8, 4) is 0 Å². The van der Waals surface area contributed by atoms with Gasteiger partial charge in [-0.25, -0.2) is 0 Å². The van der Waals surface area contributed by atoms with Gasteiger partial charge in [-0.05, 0) is 0 Å². The van der Waals surface area contributed by atoms with Crippen molar-refractivity contribution in [2.45, 2.75) is 12.1 Å². The highest BCUT2D eigenvalue weighted by atomic mass is 19.4. The van der Waals surface area contributed by atoms with Gasteiger partial charge in [-0.2, -0.15) is 32.1 Å². The predicted molar refractivity (Wildman–Crippen MR) is 30.8 cm³/mol. The third kappa shape index (κ3) is 1.73. The van der Waals surface area contributed by atoms with Gasteiger partial charge in [0.05, 0.1) is 18.0 Å². The Morgan fingerprint density at radius 1 is 1.08 bits per heavy atom. The van der Waals surface area contributed by atoms with Gasteiger partial charge in [0.15, 0.2) is 0 Å². The van der Waals surface area contributed by atoms with Gasteiger partial charge in [0, 0.05) is 6.07 Å². The van der Waals surface area contributed by atoms with Crippen LogP contribution in [0.25, 0.3) is 0 Å². The first-order valence-electron chi connectivity index (χ1n) is 2.99. The van der Waals surface area contributed by atoms with E-state index in [1.54, 1.807) is 6.07 Å². The van der Waals surface area contributed by atoms with Crippen molar-refractivity contribution in [2.24, 2.45) is 0 Å². The normalized spacial score (nSPS) is 13.0. The molecule has 1 aromatic rings. The lowest BCUT2D eigenvalue weighted by atomic mass is 10.1. The van der Waals surface area contributed by atoms with E-state index in [0.717, 1.165) is 0 Å². The predicted octanol–water partition coefficient (Wildman–Crippen LogP) is 1.93. The van der Waals surface area contributed by atoms with Crippen molar-refractivity contribution in [2.75, 3.05) is 0 Å². The number of alkyl halides is 5. The zero-order valence-electron chi connectivity index (χ0n) is 5.94. The van der Waals surface area contributed by atoms with Crippen LogP contribution >= 0.6 is 0 Å². The fourth-order valence-electron chi connectivity index (χ4n) is 0.584. The Balaban J connectivity index is 3.08. The standard InChI is InChI=1S/C6H2F5N2/c7-5(8,6(9,10)11)4-1-2-12-13-3-4/h2-3H. The lowest BCUT2D eigenvalue weighted by Gasteiger charge is -2.18. The first-order chi connectivity index (χ1) is 5.86. The highest BCUT2D eigenvalue weighted by Gasteiger charge is 2.59. The number of hydrogen-bond acceptors (Lipinski definition) is 2. The Bertz CT molecular complexity index is 281. The van der Waals surface area contributed by atoms with Crippen molar-refractivity contribution in [1.29, 1.82) is 0 Å². The molecule has 1 heterocycles. The van der Waals surface area contributed by atoms with E-state index in [1.165, 1.54) is 0 Å². The van der Waals surface area contributed by atoms with Gasteiger partial charge in [0.25, 0.3) is 0 Å². The molecule has 0 atom stereocenters. The average Bonchev–Trinajstić information content (AvgIpc) is 2.04. The van der Waals surface area contributed by atoms with Crippen LogP contribution in [0.2, 0.25) is 0 Å². The van der Waals surface area contributed by atoms with Crippen LogP contribution < -0.4 is 0 Å². The van der Waals surface area contributed by atoms with Gasteiger partial charge in [0.2, 0.25) is 0 Å². The molecule has 0 saturated carbocycles. The largest absolute Gasteiger partial charge is 0.458 e. The van der Waals surface area contributed by atoms with Crippen LogP contribution in [0.5, 0.6) is 0 Å². The van der Waals surface area contributed by atoms with Gasteiger partial charge in [-0.1, -0.05) is 0 Å². The molecule has 0 aliphatic rings. The maximum atomic E-state index is 12.4. The summed E-state index contributed by atoms with van der Waals surface area (Å²) in [6.45, 7) is 0. The molecule has 1 rings (SSSR count). The van der Waals surface area contributed by atoms with E-state index in [1.807, 2.05) is 0 Å². The first kappa shape index (κ1) is 9.82. The lowest BCUT2D eigenvalue weighted by Crippen LogP contribution is -2.33. The molecule has 0 bridgehead atoms. The summed E-state index contributed by atoms with van der Waals surface area (Å²) in [5, 5.41) is 5.94. The third-order valence-electron chi connectivity index (χ3n) is 1.23. The average molecular weight is 197 g/mol. The van der Waals surface area contributed by atoms with Crippen molar-refractivity contribution in [3.63, 3.8) is 0 Å². The van der Waals surface area contributed by atoms with E-state index in [-0.39, 0.29) is 0 Å². The maximum Gasteiger partial charge on any atom is 0.458 e. The number of nitrogens with zero attached hydrogens (tertiary/aromatic N) is 2. The van der Waals surface area contributed by atoms with Gasteiger partial charge < -0.3 is 0 Å². The Morgan fingerprint density at radius 2 is 1.69 bits per heavy atom. The Hall–Kier alpha value is -1.27. The van der Waals surface area contributed by atoms with Gasteiger partial charge in [-0.15, -0.1) is 0 Å². The van der Waals surface area contributed by atoms with E-state index in [9.17, 15) is 22.0 Å². The lowest BCUT2D eigenvalue weighted by molar-refractivity contribution is -0.289. The highest BCUT2D eigenvalue weighted by Crippen LogP contribution is 2.42. The minimum atomic E-state index is -5.63. The van der Waals surface area contributed by atoms with Gasteiger partial charge >= 0.3 is 12.1 Å². The molecule has 0 N–H and O–H groups in total. The molecule has 2 nitrogen and oxygen atoms in total. The SMILES string of the molecule is FC(F)(F)C(F)(F)c1[c]cnnc1. The van der Waals surface area contributed by atoms with Crippen LogP contribution in [0.3, 0.4) is 0 Å². The molecule has 71 valence electrons. The Morgan fingerprint density at radius 3 is 2.08 bits per heavy atom. The molecule has 0 unspecified atom stereocenters. The summed E-state index contributed by atoms with van der Waals surface area (Å²) >= 11 is 0. The van der Waals surface area contributed by atoms with Crippen molar-refractivity contribution < 1.29 is 22.0 Å². The maximum absolute atomic E-state index is 12.4. The van der Waals surface area contributed by atoms with Crippen molar-refractivity contribution >= 4 is 0 Å². The zero-order valence-corrected chi connectivity index (χ0v) is 5.94. The Kier molecular flexibility index (Phi) is 2.19. The molecule has 0 aliphatic heterocycles. The quantitative estimate of drug-likeness (QED) is 0.643. The molecule has 13 heavy (non-hydrogen) atoms. The minimum absolute atomic E-state index is 0.327. The number of hydrogen-bond donors (Lipinski definition) is 0. The first-order valence-corrected chi connectivity index (χ1v) is 2.99.